The highest BCUT2D eigenvalue weighted by Gasteiger charge is 2.28. The van der Waals surface area contributed by atoms with E-state index in [1.165, 1.54) is 0 Å². The molecular weight excluding hydrogens is 165 g/mol. The number of carboxylic acid groups (broad SMARTS) is 1. The molecule has 1 N–H and O–H groups in total. The second-order valence-corrected chi connectivity index (χ2v) is 3.54. The Kier molecular flexibility index (Phi) is 2.08. The fourth-order valence-corrected chi connectivity index (χ4v) is 1.52. The van der Waals surface area contributed by atoms with Crippen LogP contribution >= 0.6 is 0 Å². The Morgan fingerprint density at radius 1 is 1.36 bits per heavy atom. The summed E-state index contributed by atoms with van der Waals surface area (Å²) in [7, 11) is 0. The highest BCUT2D eigenvalue weighted by Crippen LogP contribution is 2.00. The molecule has 56 valence electrons. The zero-order valence-electron chi connectivity index (χ0n) is 5.48. The average molecular weight is 169 g/mol. The van der Waals surface area contributed by atoms with E-state index in [0.717, 1.165) is 16.0 Å². The lowest BCUT2D eigenvalue weighted by Crippen LogP contribution is -2.37. The molecule has 0 aromatic carbocycles. The van der Waals surface area contributed by atoms with Crippen molar-refractivity contribution in [2.75, 3.05) is 0 Å². The van der Waals surface area contributed by atoms with Crippen molar-refractivity contribution in [3.63, 3.8) is 0 Å². The first-order valence-corrected chi connectivity index (χ1v) is 4.20. The van der Waals surface area contributed by atoms with Crippen LogP contribution in [0.5, 0.6) is 0 Å². The van der Waals surface area contributed by atoms with Gasteiger partial charge in [-0.3, -0.25) is 14.4 Å². The molecule has 0 saturated heterocycles. The van der Waals surface area contributed by atoms with Crippen LogP contribution < -0.4 is 0 Å². The quantitative estimate of drug-likeness (QED) is 0.422. The molecular formula is C5H4AlNO4. The maximum Gasteiger partial charge on any atom is 0.563 e. The van der Waals surface area contributed by atoms with Crippen LogP contribution in [0.25, 0.3) is 0 Å². The van der Waals surface area contributed by atoms with Gasteiger partial charge in [0.2, 0.25) is 16.6 Å². The molecule has 1 rings (SSSR count). The zero-order valence-corrected chi connectivity index (χ0v) is 6.90. The Morgan fingerprint density at radius 2 is 1.82 bits per heavy atom. The van der Waals surface area contributed by atoms with Crippen LogP contribution in [0.15, 0.2) is 12.2 Å². The van der Waals surface area contributed by atoms with E-state index >= 15 is 0 Å². The molecule has 11 heavy (non-hydrogen) atoms. The van der Waals surface area contributed by atoms with Gasteiger partial charge in [0, 0.05) is 12.2 Å². The van der Waals surface area contributed by atoms with Gasteiger partial charge in [-0.1, -0.05) is 0 Å². The first-order chi connectivity index (χ1) is 5.11. The third-order valence-electron chi connectivity index (χ3n) is 1.19. The van der Waals surface area contributed by atoms with Crippen molar-refractivity contribution in [3.05, 3.63) is 12.2 Å². The van der Waals surface area contributed by atoms with Gasteiger partial charge in [0.1, 0.15) is 0 Å². The van der Waals surface area contributed by atoms with Crippen LogP contribution in [-0.4, -0.2) is 41.1 Å². The Balaban J connectivity index is 2.66. The Hall–Kier alpha value is -1.12. The average Bonchev–Trinajstić information content (AvgIpc) is 2.18. The van der Waals surface area contributed by atoms with Gasteiger partial charge >= 0.3 is 15.4 Å². The Morgan fingerprint density at radius 3 is 2.18 bits per heavy atom. The van der Waals surface area contributed by atoms with Crippen molar-refractivity contribution in [2.45, 2.75) is 0 Å². The highest BCUT2D eigenvalue weighted by molar-refractivity contribution is 6.74. The first-order valence-electron chi connectivity index (χ1n) is 2.86. The van der Waals surface area contributed by atoms with Gasteiger partial charge < -0.3 is 8.99 Å². The molecule has 0 bridgehead atoms. The molecule has 0 unspecified atom stereocenters. The Bertz CT molecular complexity index is 241. The van der Waals surface area contributed by atoms with E-state index in [4.69, 9.17) is 5.11 Å². The molecule has 0 aromatic heterocycles. The van der Waals surface area contributed by atoms with Crippen molar-refractivity contribution in [1.82, 2.24) is 3.88 Å². The molecule has 1 heterocycles. The largest absolute Gasteiger partial charge is 0.563 e. The van der Waals surface area contributed by atoms with Crippen molar-refractivity contribution < 1.29 is 19.5 Å². The minimum atomic E-state index is -1.78. The summed E-state index contributed by atoms with van der Waals surface area (Å²) in [4.78, 5) is 30.5. The van der Waals surface area contributed by atoms with Crippen molar-refractivity contribution in [3.8, 4) is 0 Å². The summed E-state index contributed by atoms with van der Waals surface area (Å²) in [6.45, 7) is 0. The van der Waals surface area contributed by atoms with Crippen LogP contribution in [-0.2, 0) is 9.59 Å². The minimum Gasteiger partial charge on any atom is -0.494 e. The van der Waals surface area contributed by atoms with Crippen LogP contribution in [0.4, 0.5) is 4.79 Å². The van der Waals surface area contributed by atoms with Gasteiger partial charge in [0.15, 0.2) is 0 Å². The maximum atomic E-state index is 10.7. The molecule has 0 saturated carbocycles. The second kappa shape index (κ2) is 2.86. The normalized spacial score (nSPS) is 15.8. The Labute approximate surface area is 68.2 Å². The number of hydrogen-bond donors (Lipinski definition) is 1. The van der Waals surface area contributed by atoms with Crippen LogP contribution in [0.3, 0.4) is 0 Å². The second-order valence-electron chi connectivity index (χ2n) is 1.99. The lowest BCUT2D eigenvalue weighted by molar-refractivity contribution is -0.131. The number of carbonyl (C=O) groups excluding carboxylic acids is 2. The van der Waals surface area contributed by atoms with E-state index in [1.807, 2.05) is 0 Å². The summed E-state index contributed by atoms with van der Waals surface area (Å²) in [5.74, 6) is -1.02. The molecule has 0 fully saturated rings. The van der Waals surface area contributed by atoms with E-state index in [9.17, 15) is 14.4 Å². The molecule has 5 nitrogen and oxygen atoms in total. The van der Waals surface area contributed by atoms with Crippen molar-refractivity contribution in [1.29, 1.82) is 0 Å². The fourth-order valence-electron chi connectivity index (χ4n) is 0.722. The molecule has 1 aliphatic rings. The molecule has 0 aromatic rings. The van der Waals surface area contributed by atoms with Gasteiger partial charge in [-0.05, 0) is 0 Å². The predicted molar refractivity (Wildman–Crippen MR) is 36.2 cm³/mol. The SMILES string of the molecule is O=[C](O)[AlH][N]1C(=O)C=CC1=O. The summed E-state index contributed by atoms with van der Waals surface area (Å²) in [6, 6.07) is 0. The number of hydrogen-bond acceptors (Lipinski definition) is 3. The molecule has 0 spiro atoms. The van der Waals surface area contributed by atoms with Crippen molar-refractivity contribution >= 4 is 32.1 Å². The fraction of sp³-hybridized carbons (Fsp3) is 0. The van der Waals surface area contributed by atoms with Crippen LogP contribution in [0, 0.1) is 0 Å². The highest BCUT2D eigenvalue weighted by atomic mass is 27.1. The number of rotatable bonds is 2. The molecule has 1 aliphatic heterocycles. The summed E-state index contributed by atoms with van der Waals surface area (Å²) in [5, 5.41) is 8.30. The standard InChI is InChI=1S/C4H3NO2.CHO2.Al.H/c6-3-1-2-4(7)5-3;2-1-3;;/h1-2H,(H,5,6,7);(H,2,3);;/q;;+1;/p-1. The number of carbonyl (C=O) groups is 3. The number of nitrogens with zero attached hydrogens (tertiary/aromatic N) is 1. The summed E-state index contributed by atoms with van der Waals surface area (Å²) < 4.78 is 0.794. The molecule has 6 heteroatoms. The maximum absolute atomic E-state index is 10.7. The molecule has 0 radical (unpaired) electrons. The summed E-state index contributed by atoms with van der Waals surface area (Å²) in [6.07, 6.45) is 2.16. The monoisotopic (exact) mass is 169 g/mol. The van der Waals surface area contributed by atoms with Crippen LogP contribution in [0.2, 0.25) is 0 Å². The molecule has 2 amide bonds. The van der Waals surface area contributed by atoms with Gasteiger partial charge in [0.05, 0.1) is 0 Å². The van der Waals surface area contributed by atoms with Gasteiger partial charge in [0.25, 0.3) is 0 Å². The third kappa shape index (κ3) is 1.67. The topological polar surface area (TPSA) is 74.7 Å². The lowest BCUT2D eigenvalue weighted by Gasteiger charge is -2.08. The van der Waals surface area contributed by atoms with Gasteiger partial charge in [-0.25, -0.2) is 0 Å². The van der Waals surface area contributed by atoms with Gasteiger partial charge in [-0.2, -0.15) is 0 Å². The first kappa shape index (κ1) is 7.98. The smallest absolute Gasteiger partial charge is 0.494 e. The number of amides is 2. The van der Waals surface area contributed by atoms with E-state index in [0.29, 0.717) is 0 Å². The van der Waals surface area contributed by atoms with Crippen LogP contribution in [0.1, 0.15) is 0 Å². The van der Waals surface area contributed by atoms with Gasteiger partial charge in [-0.15, -0.1) is 0 Å². The number of imide groups is 1. The summed E-state index contributed by atoms with van der Waals surface area (Å²) >= 11 is -1.78. The molecule has 0 atom stereocenters. The summed E-state index contributed by atoms with van der Waals surface area (Å²) in [5.41, 5.74) is 0. The van der Waals surface area contributed by atoms with E-state index < -0.39 is 32.1 Å². The van der Waals surface area contributed by atoms with E-state index in [1.54, 1.807) is 0 Å². The lowest BCUT2D eigenvalue weighted by atomic mass is 10.6. The third-order valence-corrected chi connectivity index (χ3v) is 2.40. The zero-order chi connectivity index (χ0) is 8.43. The molecule has 0 aliphatic carbocycles. The van der Waals surface area contributed by atoms with Crippen molar-refractivity contribution in [2.24, 2.45) is 0 Å². The van der Waals surface area contributed by atoms with E-state index in [-0.39, 0.29) is 0 Å². The minimum absolute atomic E-state index is 0.510. The van der Waals surface area contributed by atoms with E-state index in [2.05, 4.69) is 0 Å². The predicted octanol–water partition coefficient (Wildman–Crippen LogP) is -1.06.